The van der Waals surface area contributed by atoms with E-state index in [9.17, 15) is 4.39 Å². The number of halogens is 2. The van der Waals surface area contributed by atoms with Gasteiger partial charge in [0, 0.05) is 19.1 Å². The van der Waals surface area contributed by atoms with Crippen LogP contribution in [0.2, 0.25) is 5.02 Å². The molecule has 1 aliphatic rings. The van der Waals surface area contributed by atoms with Crippen molar-refractivity contribution in [3.63, 3.8) is 0 Å². The standard InChI is InChI=1S/C12H16ClFN2/c13-12-9(3-1-5-11(12)14)7-16-6-2-4-10(15)8-16/h1,3,5,10H,2,4,6-8,15H2/t10-/m1/s1. The zero-order valence-electron chi connectivity index (χ0n) is 9.13. The number of likely N-dealkylation sites (tertiary alicyclic amines) is 1. The van der Waals surface area contributed by atoms with E-state index >= 15 is 0 Å². The summed E-state index contributed by atoms with van der Waals surface area (Å²) < 4.78 is 13.2. The minimum atomic E-state index is -0.347. The number of nitrogens with zero attached hydrogens (tertiary/aromatic N) is 1. The predicted molar refractivity (Wildman–Crippen MR) is 63.9 cm³/mol. The van der Waals surface area contributed by atoms with Gasteiger partial charge in [0.2, 0.25) is 0 Å². The Kier molecular flexibility index (Phi) is 3.79. The van der Waals surface area contributed by atoms with Crippen molar-refractivity contribution in [2.75, 3.05) is 13.1 Å². The van der Waals surface area contributed by atoms with Crippen LogP contribution in [0.5, 0.6) is 0 Å². The summed E-state index contributed by atoms with van der Waals surface area (Å²) in [5, 5.41) is 0.238. The molecule has 0 radical (unpaired) electrons. The zero-order chi connectivity index (χ0) is 11.5. The van der Waals surface area contributed by atoms with E-state index in [-0.39, 0.29) is 16.9 Å². The van der Waals surface area contributed by atoms with Crippen molar-refractivity contribution in [2.24, 2.45) is 5.73 Å². The summed E-state index contributed by atoms with van der Waals surface area (Å²) in [7, 11) is 0. The van der Waals surface area contributed by atoms with Crippen molar-refractivity contribution >= 4 is 11.6 Å². The van der Waals surface area contributed by atoms with E-state index in [4.69, 9.17) is 17.3 Å². The first-order valence-electron chi connectivity index (χ1n) is 5.57. The Balaban J connectivity index is 2.05. The van der Waals surface area contributed by atoms with Crippen molar-refractivity contribution in [1.29, 1.82) is 0 Å². The van der Waals surface area contributed by atoms with E-state index in [1.807, 2.05) is 6.07 Å². The van der Waals surface area contributed by atoms with Crippen molar-refractivity contribution in [3.8, 4) is 0 Å². The molecule has 0 saturated carbocycles. The van der Waals surface area contributed by atoms with E-state index in [0.29, 0.717) is 6.54 Å². The van der Waals surface area contributed by atoms with Gasteiger partial charge in [0.25, 0.3) is 0 Å². The van der Waals surface area contributed by atoms with Crippen molar-refractivity contribution in [2.45, 2.75) is 25.4 Å². The highest BCUT2D eigenvalue weighted by Crippen LogP contribution is 2.22. The maximum atomic E-state index is 13.2. The third kappa shape index (κ3) is 2.73. The summed E-state index contributed by atoms with van der Waals surface area (Å²) in [6, 6.07) is 5.18. The van der Waals surface area contributed by atoms with Gasteiger partial charge in [-0.1, -0.05) is 23.7 Å². The van der Waals surface area contributed by atoms with Crippen molar-refractivity contribution in [1.82, 2.24) is 4.90 Å². The van der Waals surface area contributed by atoms with Crippen LogP contribution in [-0.4, -0.2) is 24.0 Å². The van der Waals surface area contributed by atoms with Gasteiger partial charge in [-0.2, -0.15) is 0 Å². The highest BCUT2D eigenvalue weighted by atomic mass is 35.5. The van der Waals surface area contributed by atoms with Gasteiger partial charge in [-0.05, 0) is 31.0 Å². The topological polar surface area (TPSA) is 29.3 Å². The Bertz CT molecular complexity index is 370. The lowest BCUT2D eigenvalue weighted by atomic mass is 10.1. The Morgan fingerprint density at radius 2 is 2.31 bits per heavy atom. The first kappa shape index (κ1) is 11.8. The molecule has 1 fully saturated rings. The average Bonchev–Trinajstić information content (AvgIpc) is 2.25. The molecule has 1 aliphatic heterocycles. The van der Waals surface area contributed by atoms with Gasteiger partial charge in [-0.3, -0.25) is 4.90 Å². The van der Waals surface area contributed by atoms with Crippen LogP contribution in [0.4, 0.5) is 4.39 Å². The van der Waals surface area contributed by atoms with Crippen LogP contribution < -0.4 is 5.73 Å². The third-order valence-electron chi connectivity index (χ3n) is 2.97. The lowest BCUT2D eigenvalue weighted by Gasteiger charge is -2.30. The van der Waals surface area contributed by atoms with Crippen LogP contribution in [0.1, 0.15) is 18.4 Å². The largest absolute Gasteiger partial charge is 0.327 e. The fraction of sp³-hybridized carbons (Fsp3) is 0.500. The predicted octanol–water partition coefficient (Wildman–Crippen LogP) is 2.40. The lowest BCUT2D eigenvalue weighted by molar-refractivity contribution is 0.201. The number of nitrogens with two attached hydrogens (primary N) is 1. The molecule has 1 aromatic rings. The normalized spacial score (nSPS) is 22.3. The van der Waals surface area contributed by atoms with Crippen molar-refractivity contribution < 1.29 is 4.39 Å². The Labute approximate surface area is 100 Å². The molecule has 0 aromatic heterocycles. The zero-order valence-corrected chi connectivity index (χ0v) is 9.88. The molecule has 2 N–H and O–H groups in total. The molecule has 0 aliphatic carbocycles. The molecule has 88 valence electrons. The van der Waals surface area contributed by atoms with Crippen molar-refractivity contribution in [3.05, 3.63) is 34.6 Å². The van der Waals surface area contributed by atoms with E-state index < -0.39 is 0 Å². The SMILES string of the molecule is N[C@@H]1CCCN(Cc2cccc(F)c2Cl)C1. The first-order valence-corrected chi connectivity index (χ1v) is 5.95. The first-order chi connectivity index (χ1) is 7.66. The second-order valence-corrected chi connectivity index (χ2v) is 4.73. The lowest BCUT2D eigenvalue weighted by Crippen LogP contribution is -2.42. The molecule has 4 heteroatoms. The number of benzene rings is 1. The van der Waals surface area contributed by atoms with Crippen LogP contribution in [0.15, 0.2) is 18.2 Å². The average molecular weight is 243 g/mol. The second-order valence-electron chi connectivity index (χ2n) is 4.35. The number of piperidine rings is 1. The van der Waals surface area contributed by atoms with Gasteiger partial charge in [0.15, 0.2) is 0 Å². The summed E-state index contributed by atoms with van der Waals surface area (Å²) in [6.07, 6.45) is 2.18. The second kappa shape index (κ2) is 5.13. The fourth-order valence-corrected chi connectivity index (χ4v) is 2.33. The van der Waals surface area contributed by atoms with E-state index in [1.165, 1.54) is 6.07 Å². The summed E-state index contributed by atoms with van der Waals surface area (Å²) in [5.41, 5.74) is 6.74. The minimum Gasteiger partial charge on any atom is -0.327 e. The van der Waals surface area contributed by atoms with E-state index in [2.05, 4.69) is 4.90 Å². The van der Waals surface area contributed by atoms with Gasteiger partial charge < -0.3 is 5.73 Å². The van der Waals surface area contributed by atoms with Crippen LogP contribution >= 0.6 is 11.6 Å². The molecule has 1 aromatic carbocycles. The third-order valence-corrected chi connectivity index (χ3v) is 3.39. The molecular formula is C12H16ClFN2. The van der Waals surface area contributed by atoms with Crippen LogP contribution in [-0.2, 0) is 6.54 Å². The molecule has 1 heterocycles. The Hall–Kier alpha value is -0.640. The summed E-state index contributed by atoms with van der Waals surface area (Å²) in [5.74, 6) is -0.347. The smallest absolute Gasteiger partial charge is 0.142 e. The molecular weight excluding hydrogens is 227 g/mol. The van der Waals surface area contributed by atoms with E-state index in [1.54, 1.807) is 6.07 Å². The number of hydrogen-bond donors (Lipinski definition) is 1. The van der Waals surface area contributed by atoms with Gasteiger partial charge in [-0.25, -0.2) is 4.39 Å². The molecule has 1 atom stereocenters. The summed E-state index contributed by atoms with van der Waals surface area (Å²) in [6.45, 7) is 2.57. The molecule has 0 amide bonds. The van der Waals surface area contributed by atoms with Crippen LogP contribution in [0.25, 0.3) is 0 Å². The Morgan fingerprint density at radius 3 is 3.06 bits per heavy atom. The van der Waals surface area contributed by atoms with Gasteiger partial charge in [0.05, 0.1) is 5.02 Å². The molecule has 0 unspecified atom stereocenters. The molecule has 2 nitrogen and oxygen atoms in total. The quantitative estimate of drug-likeness (QED) is 0.863. The number of hydrogen-bond acceptors (Lipinski definition) is 2. The van der Waals surface area contributed by atoms with E-state index in [0.717, 1.165) is 31.5 Å². The fourth-order valence-electron chi connectivity index (χ4n) is 2.15. The molecule has 16 heavy (non-hydrogen) atoms. The Morgan fingerprint density at radius 1 is 1.50 bits per heavy atom. The maximum absolute atomic E-state index is 13.2. The number of rotatable bonds is 2. The summed E-state index contributed by atoms with van der Waals surface area (Å²) >= 11 is 5.92. The van der Waals surface area contributed by atoms with Gasteiger partial charge >= 0.3 is 0 Å². The molecule has 1 saturated heterocycles. The van der Waals surface area contributed by atoms with Crippen LogP contribution in [0.3, 0.4) is 0 Å². The van der Waals surface area contributed by atoms with Gasteiger partial charge in [-0.15, -0.1) is 0 Å². The van der Waals surface area contributed by atoms with Crippen LogP contribution in [0, 0.1) is 5.82 Å². The highest BCUT2D eigenvalue weighted by Gasteiger charge is 2.18. The molecule has 0 spiro atoms. The summed E-state index contributed by atoms with van der Waals surface area (Å²) in [4.78, 5) is 2.23. The molecule has 2 rings (SSSR count). The van der Waals surface area contributed by atoms with Gasteiger partial charge in [0.1, 0.15) is 5.82 Å². The highest BCUT2D eigenvalue weighted by molar-refractivity contribution is 6.31. The minimum absolute atomic E-state index is 0.237. The molecule has 0 bridgehead atoms. The monoisotopic (exact) mass is 242 g/mol. The maximum Gasteiger partial charge on any atom is 0.142 e.